The van der Waals surface area contributed by atoms with E-state index in [0.29, 0.717) is 37.4 Å². The summed E-state index contributed by atoms with van der Waals surface area (Å²) in [4.78, 5) is 46.2. The molecule has 192 valence electrons. The number of hydrogen-bond acceptors (Lipinski definition) is 6. The summed E-state index contributed by atoms with van der Waals surface area (Å²) in [5.74, 6) is -0.230. The van der Waals surface area contributed by atoms with Crippen LogP contribution in [0, 0.1) is 0 Å². The SMILES string of the molecule is COCCCN1C(=O)C[C@](CC(=O)N2CCN(C)[C@H](c3ccccc3)C2)(c2ccccc2OC)C1=O. The zero-order valence-corrected chi connectivity index (χ0v) is 21.3. The number of carbonyl (C=O) groups is 3. The maximum atomic E-state index is 13.9. The predicted octanol–water partition coefficient (Wildman–Crippen LogP) is 2.63. The van der Waals surface area contributed by atoms with Crippen molar-refractivity contribution in [2.75, 3.05) is 54.1 Å². The van der Waals surface area contributed by atoms with Gasteiger partial charge in [0.15, 0.2) is 0 Å². The van der Waals surface area contributed by atoms with Gasteiger partial charge in [-0.05, 0) is 25.1 Å². The van der Waals surface area contributed by atoms with Crippen LogP contribution in [0.1, 0.15) is 36.4 Å². The van der Waals surface area contributed by atoms with Crippen LogP contribution in [0.3, 0.4) is 0 Å². The molecular formula is C28H35N3O5. The van der Waals surface area contributed by atoms with E-state index in [0.717, 1.165) is 12.1 Å². The molecule has 0 radical (unpaired) electrons. The van der Waals surface area contributed by atoms with Crippen LogP contribution in [-0.4, -0.2) is 86.5 Å². The molecule has 0 unspecified atom stereocenters. The molecule has 0 aliphatic carbocycles. The predicted molar refractivity (Wildman–Crippen MR) is 136 cm³/mol. The minimum absolute atomic E-state index is 0.0548. The third kappa shape index (κ3) is 5.01. The molecule has 3 amide bonds. The second-order valence-corrected chi connectivity index (χ2v) is 9.58. The molecule has 8 nitrogen and oxygen atoms in total. The molecule has 0 bridgehead atoms. The Morgan fingerprint density at radius 1 is 1.03 bits per heavy atom. The zero-order valence-electron chi connectivity index (χ0n) is 21.3. The minimum Gasteiger partial charge on any atom is -0.496 e. The normalized spacial score (nSPS) is 22.8. The largest absolute Gasteiger partial charge is 0.496 e. The van der Waals surface area contributed by atoms with Crippen molar-refractivity contribution in [3.05, 3.63) is 65.7 Å². The van der Waals surface area contributed by atoms with Crippen molar-refractivity contribution in [3.8, 4) is 5.75 Å². The van der Waals surface area contributed by atoms with Crippen molar-refractivity contribution in [1.82, 2.24) is 14.7 Å². The van der Waals surface area contributed by atoms with Crippen LogP contribution in [0.5, 0.6) is 5.75 Å². The number of benzene rings is 2. The van der Waals surface area contributed by atoms with Gasteiger partial charge < -0.3 is 14.4 Å². The van der Waals surface area contributed by atoms with Crippen LogP contribution >= 0.6 is 0 Å². The molecule has 0 aromatic heterocycles. The van der Waals surface area contributed by atoms with E-state index in [9.17, 15) is 14.4 Å². The lowest BCUT2D eigenvalue weighted by Gasteiger charge is -2.41. The van der Waals surface area contributed by atoms with Gasteiger partial charge in [0, 0.05) is 58.3 Å². The number of hydrogen-bond donors (Lipinski definition) is 0. The summed E-state index contributed by atoms with van der Waals surface area (Å²) in [6, 6.07) is 17.4. The number of carbonyl (C=O) groups excluding carboxylic acids is 3. The Hall–Kier alpha value is -3.23. The molecule has 2 aromatic rings. The summed E-state index contributed by atoms with van der Waals surface area (Å²) in [7, 11) is 5.19. The molecule has 2 aromatic carbocycles. The first kappa shape index (κ1) is 25.9. The number of methoxy groups -OCH3 is 2. The van der Waals surface area contributed by atoms with Crippen molar-refractivity contribution < 1.29 is 23.9 Å². The van der Waals surface area contributed by atoms with E-state index in [1.165, 1.54) is 12.0 Å². The van der Waals surface area contributed by atoms with Gasteiger partial charge in [-0.1, -0.05) is 48.5 Å². The fourth-order valence-corrected chi connectivity index (χ4v) is 5.38. The van der Waals surface area contributed by atoms with E-state index in [-0.39, 0.29) is 43.1 Å². The molecule has 2 fully saturated rings. The molecule has 2 saturated heterocycles. The number of piperazine rings is 1. The van der Waals surface area contributed by atoms with Crippen molar-refractivity contribution >= 4 is 17.7 Å². The molecule has 2 aliphatic heterocycles. The van der Waals surface area contributed by atoms with Gasteiger partial charge in [0.05, 0.1) is 18.6 Å². The Morgan fingerprint density at radius 3 is 2.47 bits per heavy atom. The quantitative estimate of drug-likeness (QED) is 0.395. The second kappa shape index (κ2) is 11.2. The summed E-state index contributed by atoms with van der Waals surface area (Å²) in [5.41, 5.74) is 0.440. The monoisotopic (exact) mass is 493 g/mol. The molecule has 0 N–H and O–H groups in total. The zero-order chi connectivity index (χ0) is 25.7. The maximum absolute atomic E-state index is 13.9. The average Bonchev–Trinajstić information content (AvgIpc) is 3.14. The summed E-state index contributed by atoms with van der Waals surface area (Å²) in [6.07, 6.45) is 0.409. The number of nitrogens with zero attached hydrogens (tertiary/aromatic N) is 3. The molecule has 0 saturated carbocycles. The lowest BCUT2D eigenvalue weighted by Crippen LogP contribution is -2.51. The first-order valence-electron chi connectivity index (χ1n) is 12.4. The smallest absolute Gasteiger partial charge is 0.241 e. The average molecular weight is 494 g/mol. The first-order valence-corrected chi connectivity index (χ1v) is 12.4. The van der Waals surface area contributed by atoms with Gasteiger partial charge in [-0.15, -0.1) is 0 Å². The lowest BCUT2D eigenvalue weighted by atomic mass is 9.75. The molecule has 36 heavy (non-hydrogen) atoms. The molecule has 2 atom stereocenters. The fourth-order valence-electron chi connectivity index (χ4n) is 5.38. The highest BCUT2D eigenvalue weighted by molar-refractivity contribution is 6.11. The molecular weight excluding hydrogens is 458 g/mol. The summed E-state index contributed by atoms with van der Waals surface area (Å²) >= 11 is 0. The standard InChI is InChI=1S/C28H35N3O5/c1-29-15-16-30(20-23(29)21-10-5-4-6-11-21)25(32)18-28(22-12-7-8-13-24(22)36-3)19-26(33)31(27(28)34)14-9-17-35-2/h4-8,10-13,23H,9,14-20H2,1-3H3/t23-,28+/m0/s1. The first-order chi connectivity index (χ1) is 17.4. The topological polar surface area (TPSA) is 79.4 Å². The van der Waals surface area contributed by atoms with Gasteiger partial charge in [-0.25, -0.2) is 0 Å². The highest BCUT2D eigenvalue weighted by Crippen LogP contribution is 2.44. The highest BCUT2D eigenvalue weighted by atomic mass is 16.5. The Bertz CT molecular complexity index is 1090. The minimum atomic E-state index is -1.29. The third-order valence-electron chi connectivity index (χ3n) is 7.40. The number of likely N-dealkylation sites (tertiary alicyclic amines) is 1. The van der Waals surface area contributed by atoms with Crippen molar-refractivity contribution in [2.45, 2.75) is 30.7 Å². The lowest BCUT2D eigenvalue weighted by molar-refractivity contribution is -0.143. The van der Waals surface area contributed by atoms with Gasteiger partial charge in [0.25, 0.3) is 0 Å². The van der Waals surface area contributed by atoms with Crippen molar-refractivity contribution in [2.24, 2.45) is 0 Å². The highest BCUT2D eigenvalue weighted by Gasteiger charge is 2.55. The second-order valence-electron chi connectivity index (χ2n) is 9.58. The number of likely N-dealkylation sites (N-methyl/N-ethyl adjacent to an activating group) is 1. The summed E-state index contributed by atoms with van der Waals surface area (Å²) in [6.45, 7) is 2.53. The number of ether oxygens (including phenoxy) is 2. The Balaban J connectivity index is 1.63. The number of imide groups is 1. The molecule has 2 aliphatic rings. The molecule has 2 heterocycles. The van der Waals surface area contributed by atoms with E-state index < -0.39 is 5.41 Å². The van der Waals surface area contributed by atoms with E-state index in [4.69, 9.17) is 9.47 Å². The molecule has 4 rings (SSSR count). The maximum Gasteiger partial charge on any atom is 0.241 e. The van der Waals surface area contributed by atoms with Gasteiger partial charge in [-0.3, -0.25) is 24.2 Å². The third-order valence-corrected chi connectivity index (χ3v) is 7.40. The van der Waals surface area contributed by atoms with Gasteiger partial charge in [-0.2, -0.15) is 0 Å². The van der Waals surface area contributed by atoms with E-state index in [2.05, 4.69) is 24.1 Å². The Kier molecular flexibility index (Phi) is 8.06. The van der Waals surface area contributed by atoms with Gasteiger partial charge in [0.2, 0.25) is 17.7 Å². The molecule has 8 heteroatoms. The van der Waals surface area contributed by atoms with E-state index in [1.54, 1.807) is 19.2 Å². The van der Waals surface area contributed by atoms with Gasteiger partial charge >= 0.3 is 0 Å². The Morgan fingerprint density at radius 2 is 1.75 bits per heavy atom. The van der Waals surface area contributed by atoms with E-state index >= 15 is 0 Å². The van der Waals surface area contributed by atoms with Crippen LogP contribution in [0.2, 0.25) is 0 Å². The Labute approximate surface area is 212 Å². The van der Waals surface area contributed by atoms with Crippen LogP contribution in [0.15, 0.2) is 54.6 Å². The summed E-state index contributed by atoms with van der Waals surface area (Å²) < 4.78 is 10.7. The van der Waals surface area contributed by atoms with Crippen LogP contribution in [-0.2, 0) is 24.5 Å². The molecule has 0 spiro atoms. The van der Waals surface area contributed by atoms with Crippen LogP contribution in [0.25, 0.3) is 0 Å². The van der Waals surface area contributed by atoms with Crippen LogP contribution in [0.4, 0.5) is 0 Å². The van der Waals surface area contributed by atoms with Crippen molar-refractivity contribution in [3.63, 3.8) is 0 Å². The number of amides is 3. The van der Waals surface area contributed by atoms with Gasteiger partial charge in [0.1, 0.15) is 5.75 Å². The number of rotatable bonds is 9. The number of para-hydroxylation sites is 1. The van der Waals surface area contributed by atoms with E-state index in [1.807, 2.05) is 35.2 Å². The van der Waals surface area contributed by atoms with Crippen LogP contribution < -0.4 is 4.74 Å². The summed E-state index contributed by atoms with van der Waals surface area (Å²) in [5, 5.41) is 0. The van der Waals surface area contributed by atoms with Crippen molar-refractivity contribution in [1.29, 1.82) is 0 Å². The fraction of sp³-hybridized carbons (Fsp3) is 0.464.